The lowest BCUT2D eigenvalue weighted by atomic mass is 10.1. The molecular weight excluding hydrogens is 313 g/mol. The predicted molar refractivity (Wildman–Crippen MR) is 78.8 cm³/mol. The molecule has 3 aromatic rings. The number of aryl methyl sites for hydroxylation is 1. The van der Waals surface area contributed by atoms with Crippen LogP contribution in [0.2, 0.25) is 0 Å². The fraction of sp³-hybridized carbons (Fsp3) is 0.200. The van der Waals surface area contributed by atoms with Crippen LogP contribution in [0.3, 0.4) is 0 Å². The number of nitrogens with zero attached hydrogens (tertiary/aromatic N) is 2. The van der Waals surface area contributed by atoms with Gasteiger partial charge in [-0.2, -0.15) is 13.2 Å². The zero-order chi connectivity index (χ0) is 15.7. The Morgan fingerprint density at radius 3 is 2.77 bits per heavy atom. The van der Waals surface area contributed by atoms with Crippen LogP contribution in [0.1, 0.15) is 5.56 Å². The van der Waals surface area contributed by atoms with Crippen LogP contribution < -0.4 is 0 Å². The number of para-hydroxylation sites is 1. The van der Waals surface area contributed by atoms with E-state index in [1.807, 2.05) is 25.1 Å². The van der Waals surface area contributed by atoms with E-state index in [-0.39, 0.29) is 5.03 Å². The van der Waals surface area contributed by atoms with Gasteiger partial charge in [-0.3, -0.25) is 4.98 Å². The van der Waals surface area contributed by atoms with Gasteiger partial charge in [-0.15, -0.1) is 0 Å². The Morgan fingerprint density at radius 2 is 2.05 bits per heavy atom. The SMILES string of the molecule is Cc1ccnc(-c2cccc3c(SCC(F)(F)F)noc23)c1. The van der Waals surface area contributed by atoms with E-state index in [2.05, 4.69) is 10.1 Å². The van der Waals surface area contributed by atoms with Gasteiger partial charge in [0.05, 0.1) is 16.8 Å². The summed E-state index contributed by atoms with van der Waals surface area (Å²) in [6, 6.07) is 9.03. The van der Waals surface area contributed by atoms with Gasteiger partial charge < -0.3 is 4.52 Å². The topological polar surface area (TPSA) is 38.9 Å². The molecule has 0 atom stereocenters. The van der Waals surface area contributed by atoms with E-state index in [4.69, 9.17) is 4.52 Å². The van der Waals surface area contributed by atoms with Crippen LogP contribution >= 0.6 is 11.8 Å². The van der Waals surface area contributed by atoms with Crippen LogP contribution in [0.25, 0.3) is 22.2 Å². The summed E-state index contributed by atoms with van der Waals surface area (Å²) in [5, 5.41) is 4.57. The highest BCUT2D eigenvalue weighted by Crippen LogP contribution is 2.35. The molecule has 0 amide bonds. The first-order valence-corrected chi connectivity index (χ1v) is 7.43. The lowest BCUT2D eigenvalue weighted by molar-refractivity contribution is -0.105. The number of aromatic nitrogens is 2. The summed E-state index contributed by atoms with van der Waals surface area (Å²) in [4.78, 5) is 4.28. The van der Waals surface area contributed by atoms with Crippen molar-refractivity contribution in [3.05, 3.63) is 42.1 Å². The van der Waals surface area contributed by atoms with E-state index in [1.54, 1.807) is 18.3 Å². The first kappa shape index (κ1) is 14.9. The minimum atomic E-state index is -4.24. The summed E-state index contributed by atoms with van der Waals surface area (Å²) >= 11 is 0.620. The summed E-state index contributed by atoms with van der Waals surface area (Å²) in [5.41, 5.74) is 2.90. The molecule has 0 unspecified atom stereocenters. The third-order valence-electron chi connectivity index (χ3n) is 3.03. The maximum Gasteiger partial charge on any atom is 0.398 e. The monoisotopic (exact) mass is 324 g/mol. The molecule has 0 aliphatic rings. The van der Waals surface area contributed by atoms with Crippen molar-refractivity contribution >= 4 is 22.7 Å². The van der Waals surface area contributed by atoms with Crippen LogP contribution in [0.15, 0.2) is 46.1 Å². The molecule has 22 heavy (non-hydrogen) atoms. The zero-order valence-electron chi connectivity index (χ0n) is 11.5. The summed E-state index contributed by atoms with van der Waals surface area (Å²) in [7, 11) is 0. The molecule has 0 spiro atoms. The third-order valence-corrected chi connectivity index (χ3v) is 4.07. The maximum absolute atomic E-state index is 12.3. The van der Waals surface area contributed by atoms with Gasteiger partial charge in [0.2, 0.25) is 0 Å². The standard InChI is InChI=1S/C15H11F3N2OS/c1-9-5-6-19-12(7-9)10-3-2-4-11-13(10)21-20-14(11)22-8-15(16,17)18/h2-7H,8H2,1H3. The zero-order valence-corrected chi connectivity index (χ0v) is 12.3. The van der Waals surface area contributed by atoms with Gasteiger partial charge in [0.15, 0.2) is 5.58 Å². The van der Waals surface area contributed by atoms with E-state index >= 15 is 0 Å². The number of rotatable bonds is 3. The number of pyridine rings is 1. The van der Waals surface area contributed by atoms with E-state index in [1.165, 1.54) is 0 Å². The van der Waals surface area contributed by atoms with Gasteiger partial charge in [0, 0.05) is 11.8 Å². The lowest BCUT2D eigenvalue weighted by Gasteiger charge is -2.04. The molecule has 0 saturated carbocycles. The Hall–Kier alpha value is -2.02. The maximum atomic E-state index is 12.3. The summed E-state index contributed by atoms with van der Waals surface area (Å²) in [6.45, 7) is 1.94. The van der Waals surface area contributed by atoms with Crippen LogP contribution in [0, 0.1) is 6.92 Å². The quantitative estimate of drug-likeness (QED) is 0.645. The van der Waals surface area contributed by atoms with Crippen molar-refractivity contribution in [3.8, 4) is 11.3 Å². The highest BCUT2D eigenvalue weighted by molar-refractivity contribution is 7.99. The van der Waals surface area contributed by atoms with Gasteiger partial charge in [0.1, 0.15) is 5.03 Å². The molecule has 2 aromatic heterocycles. The van der Waals surface area contributed by atoms with E-state index in [0.29, 0.717) is 34.0 Å². The predicted octanol–water partition coefficient (Wildman–Crippen LogP) is 4.85. The Kier molecular flexibility index (Phi) is 3.82. The number of hydrogen-bond donors (Lipinski definition) is 0. The molecule has 0 radical (unpaired) electrons. The second-order valence-electron chi connectivity index (χ2n) is 4.79. The molecule has 3 nitrogen and oxygen atoms in total. The number of hydrogen-bond acceptors (Lipinski definition) is 4. The van der Waals surface area contributed by atoms with E-state index in [0.717, 1.165) is 5.56 Å². The third kappa shape index (κ3) is 3.09. The van der Waals surface area contributed by atoms with Crippen molar-refractivity contribution in [1.29, 1.82) is 0 Å². The lowest BCUT2D eigenvalue weighted by Crippen LogP contribution is -2.10. The second kappa shape index (κ2) is 5.64. The molecule has 3 rings (SSSR count). The highest BCUT2D eigenvalue weighted by atomic mass is 32.2. The van der Waals surface area contributed by atoms with Crippen LogP contribution in [0.4, 0.5) is 13.2 Å². The molecule has 2 heterocycles. The molecule has 0 bridgehead atoms. The average Bonchev–Trinajstić information content (AvgIpc) is 2.87. The van der Waals surface area contributed by atoms with Crippen LogP contribution in [0.5, 0.6) is 0 Å². The first-order chi connectivity index (χ1) is 10.4. The van der Waals surface area contributed by atoms with Gasteiger partial charge >= 0.3 is 6.18 Å². The summed E-state index contributed by atoms with van der Waals surface area (Å²) in [6.07, 6.45) is -2.56. The molecule has 114 valence electrons. The Morgan fingerprint density at radius 1 is 1.23 bits per heavy atom. The van der Waals surface area contributed by atoms with Crippen LogP contribution in [-0.2, 0) is 0 Å². The second-order valence-corrected chi connectivity index (χ2v) is 5.76. The number of benzene rings is 1. The number of alkyl halides is 3. The van der Waals surface area contributed by atoms with E-state index < -0.39 is 11.9 Å². The fourth-order valence-corrected chi connectivity index (χ4v) is 2.79. The molecule has 0 N–H and O–H groups in total. The molecule has 0 fully saturated rings. The minimum absolute atomic E-state index is 0.238. The van der Waals surface area contributed by atoms with Crippen molar-refractivity contribution in [3.63, 3.8) is 0 Å². The summed E-state index contributed by atoms with van der Waals surface area (Å²) in [5.74, 6) is -0.998. The van der Waals surface area contributed by atoms with Crippen molar-refractivity contribution in [2.24, 2.45) is 0 Å². The Labute approximate surface area is 128 Å². The molecule has 0 aliphatic carbocycles. The first-order valence-electron chi connectivity index (χ1n) is 6.45. The van der Waals surface area contributed by atoms with Crippen molar-refractivity contribution in [2.45, 2.75) is 18.1 Å². The molecule has 7 heteroatoms. The van der Waals surface area contributed by atoms with E-state index in [9.17, 15) is 13.2 Å². The summed E-state index contributed by atoms with van der Waals surface area (Å²) < 4.78 is 42.3. The number of halogens is 3. The van der Waals surface area contributed by atoms with Crippen molar-refractivity contribution in [1.82, 2.24) is 10.1 Å². The molecule has 0 saturated heterocycles. The van der Waals surface area contributed by atoms with Crippen molar-refractivity contribution in [2.75, 3.05) is 5.75 Å². The van der Waals surface area contributed by atoms with Crippen LogP contribution in [-0.4, -0.2) is 22.1 Å². The van der Waals surface area contributed by atoms with Gasteiger partial charge in [-0.1, -0.05) is 23.0 Å². The molecular formula is C15H11F3N2OS. The number of thioether (sulfide) groups is 1. The average molecular weight is 324 g/mol. The Bertz CT molecular complexity index is 814. The van der Waals surface area contributed by atoms with Gasteiger partial charge in [-0.25, -0.2) is 0 Å². The number of fused-ring (bicyclic) bond motifs is 1. The molecule has 1 aromatic carbocycles. The minimum Gasteiger partial charge on any atom is -0.354 e. The van der Waals surface area contributed by atoms with Crippen molar-refractivity contribution < 1.29 is 17.7 Å². The smallest absolute Gasteiger partial charge is 0.354 e. The normalized spacial score (nSPS) is 12.0. The molecule has 0 aliphatic heterocycles. The van der Waals surface area contributed by atoms with Gasteiger partial charge in [-0.05, 0) is 36.8 Å². The largest absolute Gasteiger partial charge is 0.398 e. The van der Waals surface area contributed by atoms with Gasteiger partial charge in [0.25, 0.3) is 0 Å². The highest BCUT2D eigenvalue weighted by Gasteiger charge is 2.28. The Balaban J connectivity index is 2.02. The fourth-order valence-electron chi connectivity index (χ4n) is 2.08.